The van der Waals surface area contributed by atoms with Crippen LogP contribution in [0.15, 0.2) is 84.0 Å². The van der Waals surface area contributed by atoms with E-state index in [0.29, 0.717) is 11.7 Å². The molecule has 6 nitrogen and oxygen atoms in total. The standard InChI is InChI=1S/C26H26N4O2S/c1-18-13-15-22(16-14-18)30-24(20-9-5-4-6-10-20)28-29-26(30)33-19(2)25(31)27-17-21-11-7-8-12-23(21)32-3/h4-16,19H,17H2,1-3H3,(H,27,31). The van der Waals surface area contributed by atoms with Crippen LogP contribution in [0.3, 0.4) is 0 Å². The molecule has 1 amide bonds. The number of benzene rings is 3. The van der Waals surface area contributed by atoms with Crippen molar-refractivity contribution in [2.75, 3.05) is 7.11 Å². The first-order chi connectivity index (χ1) is 16.1. The maximum absolute atomic E-state index is 12.9. The Labute approximate surface area is 198 Å². The van der Waals surface area contributed by atoms with Crippen molar-refractivity contribution in [3.8, 4) is 22.8 Å². The van der Waals surface area contributed by atoms with E-state index in [1.807, 2.05) is 78.2 Å². The van der Waals surface area contributed by atoms with Crippen LogP contribution < -0.4 is 10.1 Å². The molecule has 0 saturated carbocycles. The highest BCUT2D eigenvalue weighted by Gasteiger charge is 2.22. The Morgan fingerprint density at radius 1 is 1.00 bits per heavy atom. The lowest BCUT2D eigenvalue weighted by molar-refractivity contribution is -0.120. The minimum Gasteiger partial charge on any atom is -0.496 e. The number of rotatable bonds is 8. The third kappa shape index (κ3) is 5.26. The molecule has 0 spiro atoms. The van der Waals surface area contributed by atoms with E-state index in [4.69, 9.17) is 4.74 Å². The topological polar surface area (TPSA) is 69.0 Å². The zero-order chi connectivity index (χ0) is 23.2. The predicted octanol–water partition coefficient (Wildman–Crippen LogP) is 5.05. The average Bonchev–Trinajstić information content (AvgIpc) is 3.27. The Bertz CT molecular complexity index is 1220. The molecular weight excluding hydrogens is 432 g/mol. The monoisotopic (exact) mass is 458 g/mol. The van der Waals surface area contributed by atoms with E-state index in [9.17, 15) is 4.79 Å². The maximum Gasteiger partial charge on any atom is 0.233 e. The molecule has 1 aromatic heterocycles. The molecule has 0 fully saturated rings. The summed E-state index contributed by atoms with van der Waals surface area (Å²) in [7, 11) is 1.63. The van der Waals surface area contributed by atoms with Gasteiger partial charge >= 0.3 is 0 Å². The minimum absolute atomic E-state index is 0.0781. The van der Waals surface area contributed by atoms with Crippen LogP contribution in [0.4, 0.5) is 0 Å². The summed E-state index contributed by atoms with van der Waals surface area (Å²) in [5, 5.41) is 12.2. The Kier molecular flexibility index (Phi) is 7.10. The van der Waals surface area contributed by atoms with Gasteiger partial charge in [-0.1, -0.05) is 78.0 Å². The first kappa shape index (κ1) is 22.6. The number of amides is 1. The van der Waals surface area contributed by atoms with Gasteiger partial charge in [-0.2, -0.15) is 0 Å². The second-order valence-corrected chi connectivity index (χ2v) is 8.94. The molecule has 1 heterocycles. The van der Waals surface area contributed by atoms with E-state index in [0.717, 1.165) is 28.4 Å². The van der Waals surface area contributed by atoms with Gasteiger partial charge in [0.15, 0.2) is 11.0 Å². The number of carbonyl (C=O) groups excluding carboxylic acids is 1. The molecule has 33 heavy (non-hydrogen) atoms. The van der Waals surface area contributed by atoms with E-state index in [-0.39, 0.29) is 11.2 Å². The van der Waals surface area contributed by atoms with Gasteiger partial charge in [-0.15, -0.1) is 10.2 Å². The van der Waals surface area contributed by atoms with Gasteiger partial charge in [0.2, 0.25) is 5.91 Å². The number of nitrogens with one attached hydrogen (secondary N) is 1. The molecule has 1 N–H and O–H groups in total. The number of thioether (sulfide) groups is 1. The highest BCUT2D eigenvalue weighted by Crippen LogP contribution is 2.30. The van der Waals surface area contributed by atoms with Crippen molar-refractivity contribution < 1.29 is 9.53 Å². The predicted molar refractivity (Wildman–Crippen MR) is 132 cm³/mol. The zero-order valence-corrected chi connectivity index (χ0v) is 19.7. The quantitative estimate of drug-likeness (QED) is 0.374. The van der Waals surface area contributed by atoms with Crippen molar-refractivity contribution in [3.05, 3.63) is 90.0 Å². The molecule has 0 aliphatic carbocycles. The molecule has 0 aliphatic rings. The van der Waals surface area contributed by atoms with Crippen LogP contribution in [0, 0.1) is 6.92 Å². The summed E-state index contributed by atoms with van der Waals surface area (Å²) in [6.07, 6.45) is 0. The van der Waals surface area contributed by atoms with Gasteiger partial charge in [-0.05, 0) is 32.0 Å². The summed E-state index contributed by atoms with van der Waals surface area (Å²) in [6.45, 7) is 4.32. The molecule has 0 radical (unpaired) electrons. The van der Waals surface area contributed by atoms with Crippen molar-refractivity contribution in [3.63, 3.8) is 0 Å². The number of aryl methyl sites for hydroxylation is 1. The number of methoxy groups -OCH3 is 1. The fourth-order valence-electron chi connectivity index (χ4n) is 3.43. The third-order valence-electron chi connectivity index (χ3n) is 5.25. The molecule has 7 heteroatoms. The first-order valence-electron chi connectivity index (χ1n) is 10.7. The Morgan fingerprint density at radius 2 is 1.70 bits per heavy atom. The summed E-state index contributed by atoms with van der Waals surface area (Å²) in [4.78, 5) is 12.9. The van der Waals surface area contributed by atoms with E-state index in [1.165, 1.54) is 17.3 Å². The third-order valence-corrected chi connectivity index (χ3v) is 6.30. The average molecular weight is 459 g/mol. The Balaban J connectivity index is 1.56. The number of nitrogens with zero attached hydrogens (tertiary/aromatic N) is 3. The molecule has 0 bridgehead atoms. The van der Waals surface area contributed by atoms with Gasteiger partial charge < -0.3 is 10.1 Å². The van der Waals surface area contributed by atoms with Crippen molar-refractivity contribution >= 4 is 17.7 Å². The summed E-state index contributed by atoms with van der Waals surface area (Å²) in [5.41, 5.74) is 4.02. The normalized spacial score (nSPS) is 11.7. The largest absolute Gasteiger partial charge is 0.496 e. The van der Waals surface area contributed by atoms with Crippen LogP contribution in [-0.2, 0) is 11.3 Å². The van der Waals surface area contributed by atoms with Crippen LogP contribution >= 0.6 is 11.8 Å². The first-order valence-corrected chi connectivity index (χ1v) is 11.6. The van der Waals surface area contributed by atoms with Crippen molar-refractivity contribution in [1.82, 2.24) is 20.1 Å². The Morgan fingerprint density at radius 3 is 2.42 bits per heavy atom. The summed E-state index contributed by atoms with van der Waals surface area (Å²) >= 11 is 1.38. The lowest BCUT2D eigenvalue weighted by Crippen LogP contribution is -2.30. The van der Waals surface area contributed by atoms with Crippen LogP contribution in [0.2, 0.25) is 0 Å². The molecule has 168 valence electrons. The fraction of sp³-hybridized carbons (Fsp3) is 0.192. The Hall–Kier alpha value is -3.58. The van der Waals surface area contributed by atoms with Gasteiger partial charge in [0, 0.05) is 23.4 Å². The highest BCUT2D eigenvalue weighted by atomic mass is 32.2. The highest BCUT2D eigenvalue weighted by molar-refractivity contribution is 8.00. The maximum atomic E-state index is 12.9. The SMILES string of the molecule is COc1ccccc1CNC(=O)C(C)Sc1nnc(-c2ccccc2)n1-c1ccc(C)cc1. The molecule has 0 aliphatic heterocycles. The van der Waals surface area contributed by atoms with E-state index in [2.05, 4.69) is 34.6 Å². The molecular formula is C26H26N4O2S. The van der Waals surface area contributed by atoms with Gasteiger partial charge in [0.05, 0.1) is 12.4 Å². The number of aromatic nitrogens is 3. The van der Waals surface area contributed by atoms with Crippen LogP contribution in [0.25, 0.3) is 17.1 Å². The van der Waals surface area contributed by atoms with Gasteiger partial charge in [-0.25, -0.2) is 0 Å². The smallest absolute Gasteiger partial charge is 0.233 e. The van der Waals surface area contributed by atoms with E-state index in [1.54, 1.807) is 7.11 Å². The molecule has 1 atom stereocenters. The lowest BCUT2D eigenvalue weighted by Gasteiger charge is -2.15. The van der Waals surface area contributed by atoms with Crippen LogP contribution in [-0.4, -0.2) is 33.0 Å². The minimum atomic E-state index is -0.364. The number of hydrogen-bond donors (Lipinski definition) is 1. The van der Waals surface area contributed by atoms with Crippen molar-refractivity contribution in [2.45, 2.75) is 30.8 Å². The van der Waals surface area contributed by atoms with Gasteiger partial charge in [-0.3, -0.25) is 9.36 Å². The summed E-state index contributed by atoms with van der Waals surface area (Å²) in [6, 6.07) is 25.8. The number of hydrogen-bond acceptors (Lipinski definition) is 5. The van der Waals surface area contributed by atoms with Crippen molar-refractivity contribution in [1.29, 1.82) is 0 Å². The summed E-state index contributed by atoms with van der Waals surface area (Å²) in [5.74, 6) is 1.42. The number of para-hydroxylation sites is 1. The second kappa shape index (κ2) is 10.4. The van der Waals surface area contributed by atoms with E-state index >= 15 is 0 Å². The van der Waals surface area contributed by atoms with Gasteiger partial charge in [0.25, 0.3) is 0 Å². The second-order valence-electron chi connectivity index (χ2n) is 7.63. The number of ether oxygens (including phenoxy) is 1. The molecule has 4 rings (SSSR count). The van der Waals surface area contributed by atoms with Gasteiger partial charge in [0.1, 0.15) is 5.75 Å². The van der Waals surface area contributed by atoms with Crippen molar-refractivity contribution in [2.24, 2.45) is 0 Å². The molecule has 4 aromatic rings. The van der Waals surface area contributed by atoms with Crippen LogP contribution in [0.5, 0.6) is 5.75 Å². The molecule has 0 saturated heterocycles. The molecule has 3 aromatic carbocycles. The summed E-state index contributed by atoms with van der Waals surface area (Å²) < 4.78 is 7.38. The van der Waals surface area contributed by atoms with E-state index < -0.39 is 0 Å². The van der Waals surface area contributed by atoms with Crippen LogP contribution in [0.1, 0.15) is 18.1 Å². The zero-order valence-electron chi connectivity index (χ0n) is 18.9. The lowest BCUT2D eigenvalue weighted by atomic mass is 10.2. The number of carbonyl (C=O) groups is 1. The fourth-order valence-corrected chi connectivity index (χ4v) is 4.33. The molecule has 1 unspecified atom stereocenters.